The number of fused-ring (bicyclic) bond motifs is 4. The van der Waals surface area contributed by atoms with Gasteiger partial charge >= 0.3 is 12.2 Å². The molecule has 0 aliphatic carbocycles. The molecule has 0 unspecified atom stereocenters. The highest BCUT2D eigenvalue weighted by Crippen LogP contribution is 2.44. The largest absolute Gasteiger partial charge is 0.489 e. The lowest BCUT2D eigenvalue weighted by Gasteiger charge is -2.36. The van der Waals surface area contributed by atoms with Gasteiger partial charge in [-0.25, -0.2) is 9.78 Å². The van der Waals surface area contributed by atoms with Crippen LogP contribution in [0.25, 0.3) is 11.3 Å². The van der Waals surface area contributed by atoms with Gasteiger partial charge in [-0.1, -0.05) is 23.7 Å². The van der Waals surface area contributed by atoms with E-state index in [4.69, 9.17) is 25.8 Å². The number of benzene rings is 1. The van der Waals surface area contributed by atoms with Gasteiger partial charge in [0.2, 0.25) is 0 Å². The van der Waals surface area contributed by atoms with Crippen LogP contribution in [-0.4, -0.2) is 60.2 Å². The minimum absolute atomic E-state index is 0.162. The van der Waals surface area contributed by atoms with Gasteiger partial charge in [-0.05, 0) is 38.5 Å². The number of aromatic nitrogens is 2. The standard InChI is InChI=1S/C28H27ClF3N5O4/c1-27(2)40-15-21(41-27)14-39-20-9-18(11-33-12-20)34-26(38)37-19-6-7-36(13-19)23-10-22(29)24(35-25(23)37)16-4-3-5-17(8-16)28(30,31)32/h3-5,8-12,19,21H,6-7,13-15H2,1-2H3,(H,34,38)/t19-,21+/m0/s1. The lowest BCUT2D eigenvalue weighted by Crippen LogP contribution is -2.48. The van der Waals surface area contributed by atoms with Crippen molar-refractivity contribution in [3.63, 3.8) is 0 Å². The summed E-state index contributed by atoms with van der Waals surface area (Å²) in [5.41, 5.74) is 0.608. The van der Waals surface area contributed by atoms with Gasteiger partial charge in [0.15, 0.2) is 11.6 Å². The summed E-state index contributed by atoms with van der Waals surface area (Å²) in [6, 6.07) is 7.50. The van der Waals surface area contributed by atoms with Crippen molar-refractivity contribution in [1.82, 2.24) is 9.97 Å². The van der Waals surface area contributed by atoms with Crippen molar-refractivity contribution in [3.8, 4) is 17.0 Å². The summed E-state index contributed by atoms with van der Waals surface area (Å²) in [6.07, 6.45) is -1.03. The van der Waals surface area contributed by atoms with Crippen LogP contribution in [0.5, 0.6) is 5.75 Å². The molecule has 0 saturated carbocycles. The molecule has 2 amide bonds. The number of pyridine rings is 2. The summed E-state index contributed by atoms with van der Waals surface area (Å²) in [5, 5.41) is 3.07. The van der Waals surface area contributed by atoms with Crippen LogP contribution in [0, 0.1) is 0 Å². The Morgan fingerprint density at radius 3 is 2.83 bits per heavy atom. The minimum atomic E-state index is -4.52. The van der Waals surface area contributed by atoms with Crippen molar-refractivity contribution in [2.24, 2.45) is 0 Å². The van der Waals surface area contributed by atoms with E-state index >= 15 is 0 Å². The number of carbonyl (C=O) groups is 1. The van der Waals surface area contributed by atoms with Crippen LogP contribution >= 0.6 is 11.6 Å². The number of urea groups is 1. The zero-order valence-corrected chi connectivity index (χ0v) is 23.0. The van der Waals surface area contributed by atoms with Crippen LogP contribution in [0.1, 0.15) is 25.8 Å². The van der Waals surface area contributed by atoms with Gasteiger partial charge in [-0.15, -0.1) is 0 Å². The molecular formula is C28H27ClF3N5O4. The second kappa shape index (κ2) is 10.3. The summed E-state index contributed by atoms with van der Waals surface area (Å²) in [5.74, 6) is 0.107. The van der Waals surface area contributed by atoms with Gasteiger partial charge < -0.3 is 24.4 Å². The molecule has 2 atom stereocenters. The van der Waals surface area contributed by atoms with Crippen LogP contribution < -0.4 is 19.9 Å². The van der Waals surface area contributed by atoms with E-state index in [9.17, 15) is 18.0 Å². The normalized spacial score (nSPS) is 21.1. The van der Waals surface area contributed by atoms with Crippen LogP contribution in [0.3, 0.4) is 0 Å². The Balaban J connectivity index is 1.25. The maximum atomic E-state index is 13.7. The van der Waals surface area contributed by atoms with Crippen LogP contribution in [-0.2, 0) is 15.7 Å². The fourth-order valence-corrected chi connectivity index (χ4v) is 5.57. The number of amides is 2. The first-order valence-corrected chi connectivity index (χ1v) is 13.5. The molecule has 3 aliphatic rings. The number of alkyl halides is 3. The van der Waals surface area contributed by atoms with Gasteiger partial charge in [0.05, 0.1) is 52.7 Å². The zero-order valence-electron chi connectivity index (χ0n) is 22.2. The third-order valence-corrected chi connectivity index (χ3v) is 7.47. The summed E-state index contributed by atoms with van der Waals surface area (Å²) in [6.45, 7) is 5.60. The molecule has 6 rings (SSSR count). The van der Waals surface area contributed by atoms with E-state index in [0.717, 1.165) is 12.1 Å². The fourth-order valence-electron chi connectivity index (χ4n) is 5.32. The Morgan fingerprint density at radius 1 is 1.24 bits per heavy atom. The van der Waals surface area contributed by atoms with Gasteiger partial charge in [0.1, 0.15) is 18.5 Å². The monoisotopic (exact) mass is 589 g/mol. The summed E-state index contributed by atoms with van der Waals surface area (Å²) >= 11 is 6.54. The lowest BCUT2D eigenvalue weighted by molar-refractivity contribution is -0.141. The zero-order chi connectivity index (χ0) is 28.9. The number of rotatable bonds is 5. The summed E-state index contributed by atoms with van der Waals surface area (Å²) < 4.78 is 57.3. The molecule has 216 valence electrons. The Kier molecular flexibility index (Phi) is 6.95. The molecule has 2 fully saturated rings. The van der Waals surface area contributed by atoms with E-state index in [1.54, 1.807) is 17.0 Å². The number of ether oxygens (including phenoxy) is 3. The first-order valence-electron chi connectivity index (χ1n) is 13.1. The van der Waals surface area contributed by atoms with Crippen molar-refractivity contribution in [2.45, 2.75) is 44.4 Å². The highest BCUT2D eigenvalue weighted by atomic mass is 35.5. The number of carbonyl (C=O) groups excluding carboxylic acids is 1. The van der Waals surface area contributed by atoms with Crippen molar-refractivity contribution in [2.75, 3.05) is 41.4 Å². The number of nitrogens with zero attached hydrogens (tertiary/aromatic N) is 4. The van der Waals surface area contributed by atoms with Gasteiger partial charge in [0.25, 0.3) is 0 Å². The smallest absolute Gasteiger partial charge is 0.416 e. The number of hydrogen-bond donors (Lipinski definition) is 1. The van der Waals surface area contributed by atoms with Gasteiger partial charge in [-0.3, -0.25) is 9.88 Å². The number of anilines is 3. The predicted molar refractivity (Wildman–Crippen MR) is 146 cm³/mol. The van der Waals surface area contributed by atoms with Gasteiger partial charge in [-0.2, -0.15) is 13.2 Å². The van der Waals surface area contributed by atoms with Crippen LogP contribution in [0.4, 0.5) is 35.2 Å². The molecule has 3 aliphatic heterocycles. The third-order valence-electron chi connectivity index (χ3n) is 7.18. The topological polar surface area (TPSA) is 89.1 Å². The van der Waals surface area contributed by atoms with E-state index in [1.165, 1.54) is 24.5 Å². The second-order valence-corrected chi connectivity index (χ2v) is 11.0. The Labute approximate surface area is 239 Å². The molecule has 0 spiro atoms. The predicted octanol–water partition coefficient (Wildman–Crippen LogP) is 5.98. The summed E-state index contributed by atoms with van der Waals surface area (Å²) in [4.78, 5) is 26.1. The van der Waals surface area contributed by atoms with Crippen molar-refractivity contribution >= 4 is 34.8 Å². The van der Waals surface area contributed by atoms with E-state index in [2.05, 4.69) is 20.2 Å². The molecule has 0 radical (unpaired) electrons. The Morgan fingerprint density at radius 2 is 2.07 bits per heavy atom. The number of nitrogens with one attached hydrogen (secondary N) is 1. The van der Waals surface area contributed by atoms with E-state index in [-0.39, 0.29) is 35.0 Å². The van der Waals surface area contributed by atoms with Crippen molar-refractivity contribution in [3.05, 3.63) is 59.4 Å². The van der Waals surface area contributed by atoms with E-state index < -0.39 is 23.6 Å². The highest BCUT2D eigenvalue weighted by Gasteiger charge is 2.41. The highest BCUT2D eigenvalue weighted by molar-refractivity contribution is 6.33. The fraction of sp³-hybridized carbons (Fsp3) is 0.393. The Bertz CT molecular complexity index is 1490. The number of halogens is 4. The molecule has 1 N–H and O–H groups in total. The molecular weight excluding hydrogens is 563 g/mol. The first-order chi connectivity index (χ1) is 19.5. The molecule has 1 aromatic carbocycles. The molecule has 5 heterocycles. The quantitative estimate of drug-likeness (QED) is 0.392. The minimum Gasteiger partial charge on any atom is -0.489 e. The lowest BCUT2D eigenvalue weighted by atomic mass is 10.1. The van der Waals surface area contributed by atoms with Crippen LogP contribution in [0.15, 0.2) is 48.8 Å². The molecule has 3 aromatic rings. The SMILES string of the molecule is CC1(C)OC[C@@H](COc2cncc(NC(=O)N3c4nc(-c5cccc(C(F)(F)F)c5)c(Cl)cc4N4CC[C@H]3C4)c2)O1. The first kappa shape index (κ1) is 27.6. The van der Waals surface area contributed by atoms with Crippen molar-refractivity contribution in [1.29, 1.82) is 0 Å². The Hall–Kier alpha value is -3.61. The average Bonchev–Trinajstić information content (AvgIpc) is 3.50. The van der Waals surface area contributed by atoms with Gasteiger partial charge in [0, 0.05) is 24.7 Å². The third kappa shape index (κ3) is 5.64. The summed E-state index contributed by atoms with van der Waals surface area (Å²) in [7, 11) is 0. The molecule has 2 aromatic heterocycles. The van der Waals surface area contributed by atoms with E-state index in [1.807, 2.05) is 13.8 Å². The maximum Gasteiger partial charge on any atom is 0.416 e. The second-order valence-electron chi connectivity index (χ2n) is 10.6. The molecule has 13 heteroatoms. The molecule has 41 heavy (non-hydrogen) atoms. The number of hydrogen-bond acceptors (Lipinski definition) is 7. The average molecular weight is 590 g/mol. The molecule has 9 nitrogen and oxygen atoms in total. The maximum absolute atomic E-state index is 13.7. The molecule has 2 bridgehead atoms. The van der Waals surface area contributed by atoms with Crippen molar-refractivity contribution < 1.29 is 32.2 Å². The van der Waals surface area contributed by atoms with Crippen LogP contribution in [0.2, 0.25) is 5.02 Å². The molecule has 2 saturated heterocycles. The van der Waals surface area contributed by atoms with E-state index in [0.29, 0.717) is 49.1 Å².